The molecule has 0 aromatic heterocycles. The van der Waals surface area contributed by atoms with Gasteiger partial charge in [0.25, 0.3) is 5.91 Å². The number of nitrogens with one attached hydrogen (secondary N) is 1. The van der Waals surface area contributed by atoms with Gasteiger partial charge in [-0.3, -0.25) is 4.79 Å². The Labute approximate surface area is 108 Å². The topological polar surface area (TPSA) is 47.6 Å². The summed E-state index contributed by atoms with van der Waals surface area (Å²) in [5, 5.41) is 2.89. The lowest BCUT2D eigenvalue weighted by Crippen LogP contribution is -2.24. The summed E-state index contributed by atoms with van der Waals surface area (Å²) in [4.78, 5) is 12.0. The van der Waals surface area contributed by atoms with Crippen LogP contribution in [0.5, 0.6) is 11.5 Å². The van der Waals surface area contributed by atoms with Crippen molar-refractivity contribution < 1.29 is 14.3 Å². The van der Waals surface area contributed by atoms with Crippen molar-refractivity contribution >= 4 is 5.91 Å². The molecule has 0 spiro atoms. The Balaban J connectivity index is 2.66. The monoisotopic (exact) mass is 251 g/mol. The molecule has 0 saturated heterocycles. The Hall–Kier alpha value is -1.71. The van der Waals surface area contributed by atoms with Gasteiger partial charge in [0.2, 0.25) is 0 Å². The predicted octanol–water partition coefficient (Wildman–Crippen LogP) is 2.62. The van der Waals surface area contributed by atoms with E-state index in [2.05, 4.69) is 12.2 Å². The number of carbonyl (C=O) groups excluding carboxylic acids is 1. The van der Waals surface area contributed by atoms with Gasteiger partial charge in [-0.1, -0.05) is 19.8 Å². The number of ether oxygens (including phenoxy) is 2. The summed E-state index contributed by atoms with van der Waals surface area (Å²) in [5.74, 6) is 1.10. The summed E-state index contributed by atoms with van der Waals surface area (Å²) in [6.07, 6.45) is 3.27. The van der Waals surface area contributed by atoms with Crippen LogP contribution in [-0.4, -0.2) is 26.7 Å². The van der Waals surface area contributed by atoms with Crippen molar-refractivity contribution in [2.45, 2.75) is 26.2 Å². The summed E-state index contributed by atoms with van der Waals surface area (Å²) in [5.41, 5.74) is 0.537. The number of hydrogen-bond acceptors (Lipinski definition) is 3. The van der Waals surface area contributed by atoms with Crippen LogP contribution in [0.3, 0.4) is 0 Å². The van der Waals surface area contributed by atoms with Crippen molar-refractivity contribution in [3.8, 4) is 11.5 Å². The standard InChI is InChI=1S/C14H21NO3/c1-4-5-6-9-15-14(16)12-8-7-11(17-2)10-13(12)18-3/h7-8,10H,4-6,9H2,1-3H3,(H,15,16). The fraction of sp³-hybridized carbons (Fsp3) is 0.500. The average Bonchev–Trinajstić information content (AvgIpc) is 2.42. The average molecular weight is 251 g/mol. The minimum Gasteiger partial charge on any atom is -0.497 e. The smallest absolute Gasteiger partial charge is 0.255 e. The second-order valence-electron chi connectivity index (χ2n) is 4.03. The molecule has 4 nitrogen and oxygen atoms in total. The van der Waals surface area contributed by atoms with E-state index in [1.54, 1.807) is 32.4 Å². The zero-order valence-electron chi connectivity index (χ0n) is 11.3. The molecule has 0 aliphatic carbocycles. The zero-order chi connectivity index (χ0) is 13.4. The molecule has 0 bridgehead atoms. The zero-order valence-corrected chi connectivity index (χ0v) is 11.3. The van der Waals surface area contributed by atoms with Crippen molar-refractivity contribution in [2.75, 3.05) is 20.8 Å². The predicted molar refractivity (Wildman–Crippen MR) is 71.4 cm³/mol. The molecule has 18 heavy (non-hydrogen) atoms. The lowest BCUT2D eigenvalue weighted by Gasteiger charge is -2.10. The van der Waals surface area contributed by atoms with Crippen LogP contribution in [-0.2, 0) is 0 Å². The van der Waals surface area contributed by atoms with Gasteiger partial charge in [0.15, 0.2) is 0 Å². The van der Waals surface area contributed by atoms with E-state index in [9.17, 15) is 4.79 Å². The number of hydrogen-bond donors (Lipinski definition) is 1. The molecule has 1 rings (SSSR count). The number of amides is 1. The highest BCUT2D eigenvalue weighted by Crippen LogP contribution is 2.24. The van der Waals surface area contributed by atoms with Crippen molar-refractivity contribution in [1.29, 1.82) is 0 Å². The van der Waals surface area contributed by atoms with Gasteiger partial charge in [0, 0.05) is 12.6 Å². The Morgan fingerprint density at radius 3 is 2.61 bits per heavy atom. The minimum absolute atomic E-state index is 0.106. The molecule has 0 aliphatic rings. The van der Waals surface area contributed by atoms with E-state index in [1.807, 2.05) is 0 Å². The molecule has 1 aromatic rings. The lowest BCUT2D eigenvalue weighted by molar-refractivity contribution is 0.0950. The third-order valence-corrected chi connectivity index (χ3v) is 2.72. The fourth-order valence-electron chi connectivity index (χ4n) is 1.66. The summed E-state index contributed by atoms with van der Waals surface area (Å²) >= 11 is 0. The summed E-state index contributed by atoms with van der Waals surface area (Å²) < 4.78 is 10.3. The van der Waals surface area contributed by atoms with Crippen LogP contribution in [0.2, 0.25) is 0 Å². The highest BCUT2D eigenvalue weighted by molar-refractivity contribution is 5.97. The third-order valence-electron chi connectivity index (χ3n) is 2.72. The molecule has 0 unspecified atom stereocenters. The van der Waals surface area contributed by atoms with Crippen LogP contribution in [0, 0.1) is 0 Å². The number of rotatable bonds is 7. The van der Waals surface area contributed by atoms with E-state index < -0.39 is 0 Å². The molecule has 1 aromatic carbocycles. The summed E-state index contributed by atoms with van der Waals surface area (Å²) in [6.45, 7) is 2.83. The van der Waals surface area contributed by atoms with Crippen molar-refractivity contribution in [3.05, 3.63) is 23.8 Å². The quantitative estimate of drug-likeness (QED) is 0.758. The van der Waals surface area contributed by atoms with Gasteiger partial charge in [0.05, 0.1) is 19.8 Å². The molecule has 0 fully saturated rings. The maximum atomic E-state index is 12.0. The van der Waals surface area contributed by atoms with E-state index in [0.717, 1.165) is 19.3 Å². The Morgan fingerprint density at radius 1 is 1.22 bits per heavy atom. The van der Waals surface area contributed by atoms with Crippen LogP contribution in [0.15, 0.2) is 18.2 Å². The Bertz CT molecular complexity index is 391. The Morgan fingerprint density at radius 2 is 2.00 bits per heavy atom. The van der Waals surface area contributed by atoms with Crippen LogP contribution in [0.4, 0.5) is 0 Å². The first-order valence-electron chi connectivity index (χ1n) is 6.23. The van der Waals surface area contributed by atoms with Gasteiger partial charge in [-0.25, -0.2) is 0 Å². The molecule has 0 aliphatic heterocycles. The lowest BCUT2D eigenvalue weighted by atomic mass is 10.1. The highest BCUT2D eigenvalue weighted by Gasteiger charge is 2.12. The third kappa shape index (κ3) is 3.95. The molecule has 1 amide bonds. The van der Waals surface area contributed by atoms with Gasteiger partial charge in [-0.05, 0) is 18.6 Å². The number of methoxy groups -OCH3 is 2. The highest BCUT2D eigenvalue weighted by atomic mass is 16.5. The van der Waals surface area contributed by atoms with Crippen LogP contribution < -0.4 is 14.8 Å². The van der Waals surface area contributed by atoms with E-state index >= 15 is 0 Å². The van der Waals surface area contributed by atoms with Gasteiger partial charge >= 0.3 is 0 Å². The Kier molecular flexibility index (Phi) is 6.05. The van der Waals surface area contributed by atoms with Gasteiger partial charge in [-0.2, -0.15) is 0 Å². The first kappa shape index (κ1) is 14.4. The maximum Gasteiger partial charge on any atom is 0.255 e. The number of unbranched alkanes of at least 4 members (excludes halogenated alkanes) is 2. The number of benzene rings is 1. The van der Waals surface area contributed by atoms with E-state index in [4.69, 9.17) is 9.47 Å². The molecule has 0 radical (unpaired) electrons. The first-order valence-corrected chi connectivity index (χ1v) is 6.23. The van der Waals surface area contributed by atoms with Gasteiger partial charge in [0.1, 0.15) is 11.5 Å². The normalized spacial score (nSPS) is 9.94. The largest absolute Gasteiger partial charge is 0.497 e. The van der Waals surface area contributed by atoms with E-state index in [-0.39, 0.29) is 5.91 Å². The van der Waals surface area contributed by atoms with Crippen molar-refractivity contribution in [3.63, 3.8) is 0 Å². The second kappa shape index (κ2) is 7.58. The van der Waals surface area contributed by atoms with Gasteiger partial charge in [-0.15, -0.1) is 0 Å². The summed E-state index contributed by atoms with van der Waals surface area (Å²) in [6, 6.07) is 5.18. The van der Waals surface area contributed by atoms with Crippen molar-refractivity contribution in [2.24, 2.45) is 0 Å². The SMILES string of the molecule is CCCCCNC(=O)c1ccc(OC)cc1OC. The second-order valence-corrected chi connectivity index (χ2v) is 4.03. The molecule has 0 atom stereocenters. The molecular weight excluding hydrogens is 230 g/mol. The van der Waals surface area contributed by atoms with Crippen molar-refractivity contribution in [1.82, 2.24) is 5.32 Å². The van der Waals surface area contributed by atoms with Crippen LogP contribution in [0.25, 0.3) is 0 Å². The van der Waals surface area contributed by atoms with E-state index in [1.165, 1.54) is 0 Å². The maximum absolute atomic E-state index is 12.0. The van der Waals surface area contributed by atoms with E-state index in [0.29, 0.717) is 23.6 Å². The molecule has 100 valence electrons. The molecule has 0 heterocycles. The fourth-order valence-corrected chi connectivity index (χ4v) is 1.66. The summed E-state index contributed by atoms with van der Waals surface area (Å²) in [7, 11) is 3.13. The molecule has 0 saturated carbocycles. The van der Waals surface area contributed by atoms with Crippen LogP contribution >= 0.6 is 0 Å². The number of carbonyl (C=O) groups is 1. The van der Waals surface area contributed by atoms with Crippen LogP contribution in [0.1, 0.15) is 36.5 Å². The molecule has 1 N–H and O–H groups in total. The molecule has 4 heteroatoms. The minimum atomic E-state index is -0.106. The van der Waals surface area contributed by atoms with Gasteiger partial charge < -0.3 is 14.8 Å². The first-order chi connectivity index (χ1) is 8.72. The molecular formula is C14H21NO3.